The van der Waals surface area contributed by atoms with E-state index in [1.54, 1.807) is 0 Å². The van der Waals surface area contributed by atoms with E-state index in [1.807, 2.05) is 0 Å². The molecule has 2 heteroatoms. The van der Waals surface area contributed by atoms with Crippen LogP contribution in [0.3, 0.4) is 0 Å². The van der Waals surface area contributed by atoms with Gasteiger partial charge in [0.15, 0.2) is 0 Å². The first-order valence-corrected chi connectivity index (χ1v) is 9.04. The van der Waals surface area contributed by atoms with Crippen molar-refractivity contribution in [2.24, 2.45) is 17.3 Å². The van der Waals surface area contributed by atoms with E-state index in [4.69, 9.17) is 4.74 Å². The molecule has 0 aromatic carbocycles. The van der Waals surface area contributed by atoms with Crippen molar-refractivity contribution in [3.63, 3.8) is 0 Å². The molecule has 0 amide bonds. The lowest BCUT2D eigenvalue weighted by Crippen LogP contribution is -2.43. The molecule has 1 aliphatic rings. The highest BCUT2D eigenvalue weighted by Crippen LogP contribution is 2.44. The zero-order valence-corrected chi connectivity index (χ0v) is 15.3. The Labute approximate surface area is 129 Å². The predicted octanol–water partition coefficient (Wildman–Crippen LogP) is 5.81. The highest BCUT2D eigenvalue weighted by Gasteiger charge is 2.39. The summed E-state index contributed by atoms with van der Waals surface area (Å²) in [5, 5.41) is 0.985. The number of rotatable bonds is 5. The Kier molecular flexibility index (Phi) is 6.38. The molecule has 0 aliphatic heterocycles. The quantitative estimate of drug-likeness (QED) is 0.577. The van der Waals surface area contributed by atoms with Gasteiger partial charge in [0.25, 0.3) is 0 Å². The van der Waals surface area contributed by atoms with Crippen molar-refractivity contribution >= 4 is 15.9 Å². The van der Waals surface area contributed by atoms with E-state index in [0.29, 0.717) is 17.4 Å². The fourth-order valence-corrected chi connectivity index (χ4v) is 4.12. The van der Waals surface area contributed by atoms with E-state index < -0.39 is 0 Å². The second kappa shape index (κ2) is 6.93. The predicted molar refractivity (Wildman–Crippen MR) is 87.9 cm³/mol. The van der Waals surface area contributed by atoms with E-state index in [2.05, 4.69) is 57.5 Å². The van der Waals surface area contributed by atoms with Crippen molar-refractivity contribution in [1.82, 2.24) is 0 Å². The Morgan fingerprint density at radius 1 is 1.16 bits per heavy atom. The summed E-state index contributed by atoms with van der Waals surface area (Å²) in [7, 11) is 0. The number of halogens is 1. The lowest BCUT2D eigenvalue weighted by molar-refractivity contribution is -0.109. The highest BCUT2D eigenvalue weighted by molar-refractivity contribution is 9.09. The maximum atomic E-state index is 6.45. The van der Waals surface area contributed by atoms with Crippen LogP contribution in [-0.4, -0.2) is 17.0 Å². The Balaban J connectivity index is 2.55. The van der Waals surface area contributed by atoms with Gasteiger partial charge in [-0.1, -0.05) is 50.5 Å². The first kappa shape index (κ1) is 17.5. The zero-order chi connectivity index (χ0) is 14.7. The molecule has 0 radical (unpaired) electrons. The second-order valence-corrected chi connectivity index (χ2v) is 8.58. The summed E-state index contributed by atoms with van der Waals surface area (Å²) < 4.78 is 6.45. The van der Waals surface area contributed by atoms with Crippen LogP contribution in [0.15, 0.2) is 0 Å². The van der Waals surface area contributed by atoms with E-state index in [1.165, 1.54) is 25.7 Å². The van der Waals surface area contributed by atoms with Crippen molar-refractivity contribution in [2.45, 2.75) is 85.4 Å². The minimum absolute atomic E-state index is 0.0933. The van der Waals surface area contributed by atoms with Crippen molar-refractivity contribution in [3.8, 4) is 0 Å². The Morgan fingerprint density at radius 2 is 1.68 bits per heavy atom. The summed E-state index contributed by atoms with van der Waals surface area (Å²) in [6.07, 6.45) is 6.58. The monoisotopic (exact) mass is 332 g/mol. The minimum atomic E-state index is 0.0933. The van der Waals surface area contributed by atoms with Crippen LogP contribution < -0.4 is 0 Å². The van der Waals surface area contributed by atoms with Gasteiger partial charge >= 0.3 is 0 Å². The number of hydrogen-bond acceptors (Lipinski definition) is 1. The van der Waals surface area contributed by atoms with Crippen LogP contribution >= 0.6 is 15.9 Å². The maximum absolute atomic E-state index is 6.45. The van der Waals surface area contributed by atoms with E-state index in [-0.39, 0.29) is 5.60 Å². The van der Waals surface area contributed by atoms with Gasteiger partial charge in [0, 0.05) is 5.33 Å². The first-order chi connectivity index (χ1) is 8.68. The van der Waals surface area contributed by atoms with Gasteiger partial charge in [-0.05, 0) is 56.3 Å². The molecule has 0 aromatic rings. The molecule has 0 bridgehead atoms. The number of alkyl halides is 1. The van der Waals surface area contributed by atoms with Gasteiger partial charge in [-0.3, -0.25) is 0 Å². The van der Waals surface area contributed by atoms with E-state index in [0.717, 1.165) is 17.7 Å². The van der Waals surface area contributed by atoms with Gasteiger partial charge in [0.1, 0.15) is 0 Å². The molecule has 0 aromatic heterocycles. The summed E-state index contributed by atoms with van der Waals surface area (Å²) >= 11 is 3.71. The van der Waals surface area contributed by atoms with Gasteiger partial charge in [-0.25, -0.2) is 0 Å². The Morgan fingerprint density at radius 3 is 2.05 bits per heavy atom. The summed E-state index contributed by atoms with van der Waals surface area (Å²) in [5.41, 5.74) is 0.540. The van der Waals surface area contributed by atoms with Crippen LogP contribution in [0.1, 0.15) is 73.6 Å². The molecule has 0 spiro atoms. The van der Waals surface area contributed by atoms with Crippen LogP contribution in [0.4, 0.5) is 0 Å². The lowest BCUT2D eigenvalue weighted by atomic mass is 9.69. The average Bonchev–Trinajstić information content (AvgIpc) is 2.27. The van der Waals surface area contributed by atoms with Gasteiger partial charge in [0.2, 0.25) is 0 Å². The molecule has 0 heterocycles. The van der Waals surface area contributed by atoms with Crippen LogP contribution in [0, 0.1) is 17.3 Å². The summed E-state index contributed by atoms with van der Waals surface area (Å²) in [6.45, 7) is 13.9. The van der Waals surface area contributed by atoms with E-state index in [9.17, 15) is 0 Å². The van der Waals surface area contributed by atoms with Crippen LogP contribution in [0.2, 0.25) is 0 Å². The first-order valence-electron chi connectivity index (χ1n) is 7.92. The van der Waals surface area contributed by atoms with Crippen LogP contribution in [0.25, 0.3) is 0 Å². The average molecular weight is 333 g/mol. The van der Waals surface area contributed by atoms with Gasteiger partial charge in [-0.2, -0.15) is 0 Å². The molecule has 1 nitrogen and oxygen atoms in total. The smallest absolute Gasteiger partial charge is 0.0782 e. The molecule has 1 saturated carbocycles. The van der Waals surface area contributed by atoms with Gasteiger partial charge < -0.3 is 4.74 Å². The SMILES string of the molecule is CC(C)CC(C)OC1(CBr)CCC(C(C)(C)C)CC1. The van der Waals surface area contributed by atoms with Crippen LogP contribution in [0.5, 0.6) is 0 Å². The third-order valence-corrected chi connectivity index (χ3v) is 5.64. The number of ether oxygens (including phenoxy) is 1. The molecule has 1 unspecified atom stereocenters. The molecule has 19 heavy (non-hydrogen) atoms. The molecule has 1 aliphatic carbocycles. The third kappa shape index (κ3) is 5.38. The number of hydrogen-bond donors (Lipinski definition) is 0. The summed E-state index contributed by atoms with van der Waals surface area (Å²) in [5.74, 6) is 1.57. The molecule has 0 saturated heterocycles. The molecule has 114 valence electrons. The second-order valence-electron chi connectivity index (χ2n) is 8.01. The van der Waals surface area contributed by atoms with Crippen molar-refractivity contribution < 1.29 is 4.74 Å². The largest absolute Gasteiger partial charge is 0.371 e. The minimum Gasteiger partial charge on any atom is -0.371 e. The zero-order valence-electron chi connectivity index (χ0n) is 13.8. The lowest BCUT2D eigenvalue weighted by Gasteiger charge is -2.44. The third-order valence-electron chi connectivity index (χ3n) is 4.62. The topological polar surface area (TPSA) is 9.23 Å². The standard InChI is InChI=1S/C17H33BrO/c1-13(2)11-14(3)19-17(12-18)9-7-15(8-10-17)16(4,5)6/h13-15H,7-12H2,1-6H3. The highest BCUT2D eigenvalue weighted by atomic mass is 79.9. The van der Waals surface area contributed by atoms with Gasteiger partial charge in [0.05, 0.1) is 11.7 Å². The molecule has 1 atom stereocenters. The summed E-state index contributed by atoms with van der Waals surface area (Å²) in [4.78, 5) is 0. The molecule has 1 fully saturated rings. The molecule has 1 rings (SSSR count). The fourth-order valence-electron chi connectivity index (χ4n) is 3.43. The van der Waals surface area contributed by atoms with Gasteiger partial charge in [-0.15, -0.1) is 0 Å². The van der Waals surface area contributed by atoms with Crippen molar-refractivity contribution in [2.75, 3.05) is 5.33 Å². The maximum Gasteiger partial charge on any atom is 0.0782 e. The van der Waals surface area contributed by atoms with Crippen LogP contribution in [-0.2, 0) is 4.74 Å². The normalized spacial score (nSPS) is 30.6. The molecular formula is C17H33BrO. The van der Waals surface area contributed by atoms with Crippen molar-refractivity contribution in [1.29, 1.82) is 0 Å². The fraction of sp³-hybridized carbons (Fsp3) is 1.00. The molecular weight excluding hydrogens is 300 g/mol. The van der Waals surface area contributed by atoms with E-state index >= 15 is 0 Å². The Hall–Kier alpha value is 0.440. The molecule has 0 N–H and O–H groups in total. The summed E-state index contributed by atoms with van der Waals surface area (Å²) in [6, 6.07) is 0. The Bertz CT molecular complexity index is 259. The van der Waals surface area contributed by atoms with Crippen molar-refractivity contribution in [3.05, 3.63) is 0 Å².